The van der Waals surface area contributed by atoms with Crippen molar-refractivity contribution in [1.29, 1.82) is 0 Å². The molecule has 0 radical (unpaired) electrons. The van der Waals surface area contributed by atoms with Gasteiger partial charge >= 0.3 is 0 Å². The van der Waals surface area contributed by atoms with Crippen LogP contribution in [0.15, 0.2) is 30.3 Å². The summed E-state index contributed by atoms with van der Waals surface area (Å²) in [6.45, 7) is 3.40. The molecule has 1 N–H and O–H groups in total. The molecule has 0 aliphatic heterocycles. The monoisotopic (exact) mass is 265 g/mol. The summed E-state index contributed by atoms with van der Waals surface area (Å²) < 4.78 is 40.2. The van der Waals surface area contributed by atoms with Crippen molar-refractivity contribution in [3.05, 3.63) is 64.5 Å². The van der Waals surface area contributed by atoms with Crippen molar-refractivity contribution in [2.45, 2.75) is 20.4 Å². The molecule has 0 bridgehead atoms. The molecule has 0 aliphatic rings. The second-order valence-corrected chi connectivity index (χ2v) is 4.52. The predicted octanol–water partition coefficient (Wildman–Crippen LogP) is 4.33. The Morgan fingerprint density at radius 2 is 1.53 bits per heavy atom. The van der Waals surface area contributed by atoms with Gasteiger partial charge in [-0.1, -0.05) is 12.1 Å². The van der Waals surface area contributed by atoms with E-state index in [1.807, 2.05) is 0 Å². The molecule has 0 saturated carbocycles. The molecule has 2 rings (SSSR count). The smallest absolute Gasteiger partial charge is 0.146 e. The number of benzene rings is 2. The summed E-state index contributed by atoms with van der Waals surface area (Å²) in [6, 6.07) is 7.01. The largest absolute Gasteiger partial charge is 0.379 e. The lowest BCUT2D eigenvalue weighted by Crippen LogP contribution is -2.03. The Bertz CT molecular complexity index is 609. The fourth-order valence-electron chi connectivity index (χ4n) is 1.73. The van der Waals surface area contributed by atoms with Crippen molar-refractivity contribution in [3.8, 4) is 0 Å². The van der Waals surface area contributed by atoms with Crippen LogP contribution in [0, 0.1) is 31.3 Å². The maximum Gasteiger partial charge on any atom is 0.146 e. The molecule has 0 aromatic heterocycles. The first-order valence-corrected chi connectivity index (χ1v) is 5.92. The van der Waals surface area contributed by atoms with Crippen molar-refractivity contribution in [2.75, 3.05) is 5.32 Å². The molecule has 19 heavy (non-hydrogen) atoms. The van der Waals surface area contributed by atoms with E-state index in [1.165, 1.54) is 13.0 Å². The molecule has 0 unspecified atom stereocenters. The number of rotatable bonds is 3. The van der Waals surface area contributed by atoms with Crippen LogP contribution < -0.4 is 5.32 Å². The molecule has 0 amide bonds. The van der Waals surface area contributed by atoms with Crippen LogP contribution in [0.5, 0.6) is 0 Å². The number of halogens is 3. The van der Waals surface area contributed by atoms with E-state index in [4.69, 9.17) is 0 Å². The van der Waals surface area contributed by atoms with Gasteiger partial charge < -0.3 is 5.32 Å². The Balaban J connectivity index is 2.14. The fraction of sp³-hybridized carbons (Fsp3) is 0.200. The molecule has 2 aromatic carbocycles. The lowest BCUT2D eigenvalue weighted by molar-refractivity contribution is 0.594. The van der Waals surface area contributed by atoms with Crippen LogP contribution in [0.4, 0.5) is 18.9 Å². The van der Waals surface area contributed by atoms with Crippen LogP contribution in [0.3, 0.4) is 0 Å². The lowest BCUT2D eigenvalue weighted by Gasteiger charge is -2.09. The van der Waals surface area contributed by atoms with Crippen molar-refractivity contribution < 1.29 is 13.2 Å². The van der Waals surface area contributed by atoms with Crippen LogP contribution in [0.1, 0.15) is 16.7 Å². The van der Waals surface area contributed by atoms with E-state index in [0.29, 0.717) is 11.1 Å². The molecule has 0 heterocycles. The minimum absolute atomic E-state index is 0.0732. The van der Waals surface area contributed by atoms with E-state index in [9.17, 15) is 13.2 Å². The highest BCUT2D eigenvalue weighted by atomic mass is 19.1. The standard InChI is InChI=1S/C15H14F3N/c1-9-3-4-11(6-12(9)16)8-19-15-7-13(17)10(2)5-14(15)18/h3-7,19H,8H2,1-2H3. The summed E-state index contributed by atoms with van der Waals surface area (Å²) >= 11 is 0. The van der Waals surface area contributed by atoms with Crippen molar-refractivity contribution in [2.24, 2.45) is 0 Å². The third-order valence-electron chi connectivity index (χ3n) is 2.97. The van der Waals surface area contributed by atoms with Crippen molar-refractivity contribution in [3.63, 3.8) is 0 Å². The Kier molecular flexibility index (Phi) is 3.79. The zero-order valence-corrected chi connectivity index (χ0v) is 10.7. The average Bonchev–Trinajstić information content (AvgIpc) is 2.36. The van der Waals surface area contributed by atoms with Gasteiger partial charge in [0.25, 0.3) is 0 Å². The molecule has 0 spiro atoms. The Morgan fingerprint density at radius 3 is 2.21 bits per heavy atom. The van der Waals surface area contributed by atoms with Crippen LogP contribution in [-0.2, 0) is 6.54 Å². The zero-order chi connectivity index (χ0) is 14.0. The molecule has 0 atom stereocenters. The third-order valence-corrected chi connectivity index (χ3v) is 2.97. The van der Waals surface area contributed by atoms with Gasteiger partial charge in [0, 0.05) is 12.6 Å². The first-order chi connectivity index (χ1) is 8.97. The summed E-state index contributed by atoms with van der Waals surface area (Å²) in [7, 11) is 0. The first kappa shape index (κ1) is 13.5. The topological polar surface area (TPSA) is 12.0 Å². The molecular weight excluding hydrogens is 251 g/mol. The van der Waals surface area contributed by atoms with Gasteiger partial charge in [0.1, 0.15) is 17.5 Å². The van der Waals surface area contributed by atoms with Gasteiger partial charge in [0.2, 0.25) is 0 Å². The lowest BCUT2D eigenvalue weighted by atomic mass is 10.1. The van der Waals surface area contributed by atoms with E-state index in [1.54, 1.807) is 19.1 Å². The quantitative estimate of drug-likeness (QED) is 0.870. The third kappa shape index (κ3) is 3.08. The number of aryl methyl sites for hydroxylation is 2. The summed E-state index contributed by atoms with van der Waals surface area (Å²) in [5, 5.41) is 2.76. The van der Waals surface area contributed by atoms with Crippen molar-refractivity contribution >= 4 is 5.69 Å². The normalized spacial score (nSPS) is 10.6. The summed E-state index contributed by atoms with van der Waals surface area (Å²) in [5.74, 6) is -1.31. The minimum atomic E-state index is -0.522. The highest BCUT2D eigenvalue weighted by Crippen LogP contribution is 2.20. The minimum Gasteiger partial charge on any atom is -0.379 e. The summed E-state index contributed by atoms with van der Waals surface area (Å²) in [6.07, 6.45) is 0. The number of hydrogen-bond acceptors (Lipinski definition) is 1. The van der Waals surface area contributed by atoms with Crippen molar-refractivity contribution in [1.82, 2.24) is 0 Å². The van der Waals surface area contributed by atoms with Gasteiger partial charge in [-0.25, -0.2) is 13.2 Å². The van der Waals surface area contributed by atoms with Crippen LogP contribution in [0.25, 0.3) is 0 Å². The molecule has 2 aromatic rings. The molecule has 0 fully saturated rings. The number of nitrogens with one attached hydrogen (secondary N) is 1. The van der Waals surface area contributed by atoms with Gasteiger partial charge in [0.05, 0.1) is 5.69 Å². The molecule has 100 valence electrons. The fourth-order valence-corrected chi connectivity index (χ4v) is 1.73. The van der Waals surface area contributed by atoms with Gasteiger partial charge in [-0.05, 0) is 42.7 Å². The summed E-state index contributed by atoms with van der Waals surface area (Å²) in [4.78, 5) is 0. The number of anilines is 1. The Morgan fingerprint density at radius 1 is 0.842 bits per heavy atom. The van der Waals surface area contributed by atoms with E-state index in [2.05, 4.69) is 5.32 Å². The highest BCUT2D eigenvalue weighted by molar-refractivity contribution is 5.47. The van der Waals surface area contributed by atoms with E-state index in [0.717, 1.165) is 12.1 Å². The Hall–Kier alpha value is -1.97. The molecular formula is C15H14F3N. The highest BCUT2D eigenvalue weighted by Gasteiger charge is 2.07. The maximum atomic E-state index is 13.6. The van der Waals surface area contributed by atoms with Crippen LogP contribution in [0.2, 0.25) is 0 Å². The van der Waals surface area contributed by atoms with Gasteiger partial charge in [0.15, 0.2) is 0 Å². The van der Waals surface area contributed by atoms with Gasteiger partial charge in [-0.2, -0.15) is 0 Å². The van der Waals surface area contributed by atoms with Crippen LogP contribution in [-0.4, -0.2) is 0 Å². The number of hydrogen-bond donors (Lipinski definition) is 1. The Labute approximate surface area is 110 Å². The molecule has 1 nitrogen and oxygen atoms in total. The average molecular weight is 265 g/mol. The summed E-state index contributed by atoms with van der Waals surface area (Å²) in [5.41, 5.74) is 1.55. The second-order valence-electron chi connectivity index (χ2n) is 4.52. The van der Waals surface area contributed by atoms with E-state index < -0.39 is 11.6 Å². The van der Waals surface area contributed by atoms with Gasteiger partial charge in [-0.3, -0.25) is 0 Å². The molecule has 0 aliphatic carbocycles. The van der Waals surface area contributed by atoms with E-state index in [-0.39, 0.29) is 23.6 Å². The SMILES string of the molecule is Cc1ccc(CNc2cc(F)c(C)cc2F)cc1F. The maximum absolute atomic E-state index is 13.6. The van der Waals surface area contributed by atoms with E-state index >= 15 is 0 Å². The van der Waals surface area contributed by atoms with Gasteiger partial charge in [-0.15, -0.1) is 0 Å². The van der Waals surface area contributed by atoms with Crippen LogP contribution >= 0.6 is 0 Å². The molecule has 4 heteroatoms. The molecule has 0 saturated heterocycles. The first-order valence-electron chi connectivity index (χ1n) is 5.92. The second kappa shape index (κ2) is 5.34. The zero-order valence-electron chi connectivity index (χ0n) is 10.7. The predicted molar refractivity (Wildman–Crippen MR) is 69.6 cm³/mol.